The average molecular weight is 290 g/mol. The second-order valence-electron chi connectivity index (χ2n) is 4.36. The molecule has 0 radical (unpaired) electrons. The van der Waals surface area contributed by atoms with Crippen LogP contribution >= 0.6 is 12.2 Å². The van der Waals surface area contributed by atoms with Crippen LogP contribution in [0.1, 0.15) is 16.7 Å². The van der Waals surface area contributed by atoms with Gasteiger partial charge < -0.3 is 10.1 Å². The van der Waals surface area contributed by atoms with Gasteiger partial charge in [-0.3, -0.25) is 15.2 Å². The summed E-state index contributed by atoms with van der Waals surface area (Å²) < 4.78 is 0.0620. The predicted octanol–water partition coefficient (Wildman–Crippen LogP) is 2.20. The molecule has 6 nitrogen and oxygen atoms in total. The highest BCUT2D eigenvalue weighted by atomic mass is 32.1. The van der Waals surface area contributed by atoms with Gasteiger partial charge in [0.1, 0.15) is 5.56 Å². The Labute approximate surface area is 120 Å². The largest absolute Gasteiger partial charge is 0.494 e. The monoisotopic (exact) mass is 290 g/mol. The summed E-state index contributed by atoms with van der Waals surface area (Å²) in [6.45, 7) is 3.96. The van der Waals surface area contributed by atoms with Gasteiger partial charge in [0.25, 0.3) is 5.56 Å². The molecule has 0 saturated heterocycles. The lowest BCUT2D eigenvalue weighted by atomic mass is 10.1. The fourth-order valence-corrected chi connectivity index (χ4v) is 1.90. The number of benzene rings is 1. The summed E-state index contributed by atoms with van der Waals surface area (Å²) >= 11 is 4.73. The van der Waals surface area contributed by atoms with E-state index in [1.54, 1.807) is 0 Å². The molecule has 0 saturated carbocycles. The van der Waals surface area contributed by atoms with E-state index in [0.29, 0.717) is 0 Å². The highest BCUT2D eigenvalue weighted by molar-refractivity contribution is 7.71. The fourth-order valence-electron chi connectivity index (χ4n) is 1.71. The van der Waals surface area contributed by atoms with Gasteiger partial charge in [-0.25, -0.2) is 0 Å². The summed E-state index contributed by atoms with van der Waals surface area (Å²) in [6, 6.07) is 5.86. The average Bonchev–Trinajstić information content (AvgIpc) is 2.34. The SMILES string of the molecule is Cc1ccc(N/N=C\c2c(O)[nH]c(=S)[nH]c2=O)c(C)c1. The van der Waals surface area contributed by atoms with Crippen molar-refractivity contribution < 1.29 is 5.11 Å². The third-order valence-corrected chi connectivity index (χ3v) is 2.92. The minimum Gasteiger partial charge on any atom is -0.494 e. The second kappa shape index (κ2) is 5.70. The van der Waals surface area contributed by atoms with Crippen molar-refractivity contribution in [3.63, 3.8) is 0 Å². The van der Waals surface area contributed by atoms with Gasteiger partial charge in [-0.1, -0.05) is 17.7 Å². The molecule has 0 bridgehead atoms. The minimum atomic E-state index is -0.502. The van der Waals surface area contributed by atoms with Crippen molar-refractivity contribution in [1.82, 2.24) is 9.97 Å². The maximum atomic E-state index is 11.6. The summed E-state index contributed by atoms with van der Waals surface area (Å²) in [7, 11) is 0. The van der Waals surface area contributed by atoms with Crippen LogP contribution in [0, 0.1) is 18.6 Å². The van der Waals surface area contributed by atoms with E-state index in [4.69, 9.17) is 12.2 Å². The number of aromatic hydroxyl groups is 1. The number of aryl methyl sites for hydroxylation is 2. The smallest absolute Gasteiger partial charge is 0.264 e. The molecule has 1 aromatic carbocycles. The Morgan fingerprint density at radius 3 is 2.75 bits per heavy atom. The zero-order valence-electron chi connectivity index (χ0n) is 11.0. The molecule has 104 valence electrons. The van der Waals surface area contributed by atoms with E-state index in [-0.39, 0.29) is 16.2 Å². The van der Waals surface area contributed by atoms with Crippen LogP contribution < -0.4 is 11.0 Å². The maximum absolute atomic E-state index is 11.6. The van der Waals surface area contributed by atoms with Gasteiger partial charge in [-0.05, 0) is 37.7 Å². The van der Waals surface area contributed by atoms with Crippen molar-refractivity contribution in [2.24, 2.45) is 5.10 Å². The van der Waals surface area contributed by atoms with E-state index in [9.17, 15) is 9.90 Å². The molecule has 2 rings (SSSR count). The van der Waals surface area contributed by atoms with Crippen molar-refractivity contribution in [2.75, 3.05) is 5.43 Å². The Morgan fingerprint density at radius 2 is 2.10 bits per heavy atom. The first-order valence-corrected chi connectivity index (χ1v) is 6.30. The standard InChI is InChI=1S/C13H14N4O2S/c1-7-3-4-10(8(2)5-7)17-14-6-9-11(18)15-13(20)16-12(9)19/h3-6,17H,1-2H3,(H3,15,16,18,19,20)/b14-6-. The first-order chi connectivity index (χ1) is 9.47. The molecule has 4 N–H and O–H groups in total. The van der Waals surface area contributed by atoms with Crippen molar-refractivity contribution in [3.8, 4) is 5.88 Å². The number of hydrazone groups is 1. The van der Waals surface area contributed by atoms with Crippen LogP contribution in [0.5, 0.6) is 5.88 Å². The van der Waals surface area contributed by atoms with Gasteiger partial charge in [0.2, 0.25) is 5.88 Å². The molecule has 0 spiro atoms. The van der Waals surface area contributed by atoms with Gasteiger partial charge in [0.15, 0.2) is 4.77 Å². The first kappa shape index (κ1) is 14.0. The summed E-state index contributed by atoms with van der Waals surface area (Å²) in [5.74, 6) is -0.315. The van der Waals surface area contributed by atoms with Crippen LogP contribution in [0.4, 0.5) is 5.69 Å². The number of H-pyrrole nitrogens is 2. The number of anilines is 1. The van der Waals surface area contributed by atoms with Crippen LogP contribution in [0.15, 0.2) is 28.1 Å². The van der Waals surface area contributed by atoms with Crippen molar-refractivity contribution in [1.29, 1.82) is 0 Å². The summed E-state index contributed by atoms with van der Waals surface area (Å²) in [6.07, 6.45) is 1.23. The molecular weight excluding hydrogens is 276 g/mol. The third-order valence-electron chi connectivity index (χ3n) is 2.72. The van der Waals surface area contributed by atoms with Crippen molar-refractivity contribution in [3.05, 3.63) is 50.0 Å². The third kappa shape index (κ3) is 3.12. The van der Waals surface area contributed by atoms with Crippen LogP contribution in [-0.4, -0.2) is 21.3 Å². The maximum Gasteiger partial charge on any atom is 0.264 e. The van der Waals surface area contributed by atoms with Crippen LogP contribution in [0.2, 0.25) is 0 Å². The summed E-state index contributed by atoms with van der Waals surface area (Å²) in [5, 5.41) is 13.5. The van der Waals surface area contributed by atoms with E-state index in [2.05, 4.69) is 20.5 Å². The molecule has 0 fully saturated rings. The van der Waals surface area contributed by atoms with Gasteiger partial charge in [0, 0.05) is 0 Å². The number of rotatable bonds is 3. The molecule has 1 aromatic heterocycles. The molecule has 0 atom stereocenters. The zero-order valence-corrected chi connectivity index (χ0v) is 11.8. The Kier molecular flexibility index (Phi) is 3.99. The number of aromatic nitrogens is 2. The van der Waals surface area contributed by atoms with Crippen LogP contribution in [-0.2, 0) is 0 Å². The molecule has 2 aromatic rings. The van der Waals surface area contributed by atoms with E-state index < -0.39 is 5.56 Å². The lowest BCUT2D eigenvalue weighted by Crippen LogP contribution is -2.14. The topological polar surface area (TPSA) is 93.3 Å². The van der Waals surface area contributed by atoms with Crippen molar-refractivity contribution in [2.45, 2.75) is 13.8 Å². The number of hydrogen-bond acceptors (Lipinski definition) is 5. The van der Waals surface area contributed by atoms with Crippen molar-refractivity contribution >= 4 is 24.1 Å². The molecule has 0 aliphatic rings. The summed E-state index contributed by atoms with van der Waals surface area (Å²) in [5.41, 5.74) is 5.35. The Bertz CT molecular complexity index is 777. The Balaban J connectivity index is 2.23. The number of hydrogen-bond donors (Lipinski definition) is 4. The Morgan fingerprint density at radius 1 is 1.35 bits per heavy atom. The molecule has 20 heavy (non-hydrogen) atoms. The van der Waals surface area contributed by atoms with E-state index in [1.165, 1.54) is 6.21 Å². The Hall–Kier alpha value is -2.41. The molecule has 0 aliphatic carbocycles. The molecule has 1 heterocycles. The lowest BCUT2D eigenvalue weighted by Gasteiger charge is -2.05. The zero-order chi connectivity index (χ0) is 14.7. The number of nitrogens with zero attached hydrogens (tertiary/aromatic N) is 1. The lowest BCUT2D eigenvalue weighted by molar-refractivity contribution is 0.449. The van der Waals surface area contributed by atoms with E-state index >= 15 is 0 Å². The minimum absolute atomic E-state index is 0.0101. The van der Waals surface area contributed by atoms with Gasteiger partial charge in [-0.2, -0.15) is 5.10 Å². The molecule has 0 amide bonds. The first-order valence-electron chi connectivity index (χ1n) is 5.89. The fraction of sp³-hybridized carbons (Fsp3) is 0.154. The predicted molar refractivity (Wildman–Crippen MR) is 81.0 cm³/mol. The highest BCUT2D eigenvalue weighted by Gasteiger charge is 2.04. The van der Waals surface area contributed by atoms with E-state index in [0.717, 1.165) is 16.8 Å². The van der Waals surface area contributed by atoms with Gasteiger partial charge in [-0.15, -0.1) is 0 Å². The number of aromatic amines is 2. The highest BCUT2D eigenvalue weighted by Crippen LogP contribution is 2.15. The molecular formula is C13H14N4O2S. The van der Waals surface area contributed by atoms with Gasteiger partial charge >= 0.3 is 0 Å². The molecule has 0 unspecified atom stereocenters. The van der Waals surface area contributed by atoms with Crippen LogP contribution in [0.3, 0.4) is 0 Å². The quantitative estimate of drug-likeness (QED) is 0.396. The number of nitrogens with one attached hydrogen (secondary N) is 3. The van der Waals surface area contributed by atoms with Crippen LogP contribution in [0.25, 0.3) is 0 Å². The summed E-state index contributed by atoms with van der Waals surface area (Å²) in [4.78, 5) is 16.4. The van der Waals surface area contributed by atoms with E-state index in [1.807, 2.05) is 32.0 Å². The second-order valence-corrected chi connectivity index (χ2v) is 4.77. The van der Waals surface area contributed by atoms with Gasteiger partial charge in [0.05, 0.1) is 11.9 Å². The normalized spacial score (nSPS) is 10.9. The molecule has 7 heteroatoms. The molecule has 0 aliphatic heterocycles.